The Bertz CT molecular complexity index is 689. The summed E-state index contributed by atoms with van der Waals surface area (Å²) in [4.78, 5) is 12.1. The number of aliphatic hydroxyl groups excluding tert-OH is 1. The number of benzene rings is 1. The molecule has 2 aromatic rings. The van der Waals surface area contributed by atoms with E-state index in [1.807, 2.05) is 0 Å². The molecule has 1 heterocycles. The number of aliphatic hydroxyl groups is 1. The fraction of sp³-hybridized carbons (Fsp3) is 0.214. The van der Waals surface area contributed by atoms with E-state index < -0.39 is 10.0 Å². The van der Waals surface area contributed by atoms with E-state index in [1.54, 1.807) is 18.2 Å². The monoisotopic (exact) mass is 293 g/mol. The van der Waals surface area contributed by atoms with Crippen LogP contribution in [0.25, 0.3) is 0 Å². The lowest BCUT2D eigenvalue weighted by atomic mass is 10.2. The highest BCUT2D eigenvalue weighted by Crippen LogP contribution is 2.17. The predicted octanol–water partition coefficient (Wildman–Crippen LogP) is 1.68. The van der Waals surface area contributed by atoms with E-state index in [0.29, 0.717) is 6.42 Å². The molecule has 1 aromatic heterocycles. The average molecular weight is 293 g/mol. The van der Waals surface area contributed by atoms with Crippen molar-refractivity contribution in [3.8, 4) is 0 Å². The highest BCUT2D eigenvalue weighted by Gasteiger charge is 2.21. The highest BCUT2D eigenvalue weighted by atomic mass is 32.2. The van der Waals surface area contributed by atoms with Crippen molar-refractivity contribution >= 4 is 15.8 Å². The molecule has 0 radical (unpaired) electrons. The van der Waals surface area contributed by atoms with Gasteiger partial charge in [-0.3, -0.25) is 4.79 Å². The Hall–Kier alpha value is -1.92. The van der Waals surface area contributed by atoms with Crippen LogP contribution in [-0.4, -0.2) is 29.9 Å². The van der Waals surface area contributed by atoms with Gasteiger partial charge in [0.25, 0.3) is 10.0 Å². The first-order chi connectivity index (χ1) is 9.57. The van der Waals surface area contributed by atoms with E-state index in [4.69, 9.17) is 5.11 Å². The van der Waals surface area contributed by atoms with Crippen LogP contribution in [0.5, 0.6) is 0 Å². The minimum absolute atomic E-state index is 0.0993. The van der Waals surface area contributed by atoms with Gasteiger partial charge in [-0.25, -0.2) is 12.4 Å². The zero-order chi connectivity index (χ0) is 14.6. The number of ketones is 1. The summed E-state index contributed by atoms with van der Waals surface area (Å²) in [6.07, 6.45) is 1.79. The number of rotatable bonds is 6. The summed E-state index contributed by atoms with van der Waals surface area (Å²) in [6.45, 7) is -0.0993. The minimum atomic E-state index is -3.76. The molecule has 0 aliphatic rings. The summed E-state index contributed by atoms with van der Waals surface area (Å²) in [6, 6.07) is 10.9. The lowest BCUT2D eigenvalue weighted by Crippen LogP contribution is -2.17. The molecular formula is C14H15NO4S. The van der Waals surface area contributed by atoms with Crippen molar-refractivity contribution in [3.63, 3.8) is 0 Å². The second kappa shape index (κ2) is 6.02. The van der Waals surface area contributed by atoms with E-state index >= 15 is 0 Å². The van der Waals surface area contributed by atoms with Crippen molar-refractivity contribution in [3.05, 3.63) is 54.4 Å². The van der Waals surface area contributed by atoms with Crippen molar-refractivity contribution in [2.45, 2.75) is 17.7 Å². The van der Waals surface area contributed by atoms with Gasteiger partial charge in [-0.05, 0) is 30.7 Å². The molecule has 0 amide bonds. The van der Waals surface area contributed by atoms with E-state index in [2.05, 4.69) is 0 Å². The SMILES string of the molecule is O=C(CCCO)c1cccn1S(=O)(=O)c1ccccc1. The smallest absolute Gasteiger partial charge is 0.268 e. The second-order valence-electron chi connectivity index (χ2n) is 4.26. The Morgan fingerprint density at radius 1 is 1.10 bits per heavy atom. The van der Waals surface area contributed by atoms with Crippen LogP contribution in [0.3, 0.4) is 0 Å². The summed E-state index contributed by atoms with van der Waals surface area (Å²) in [5, 5.41) is 8.74. The van der Waals surface area contributed by atoms with Gasteiger partial charge >= 0.3 is 0 Å². The highest BCUT2D eigenvalue weighted by molar-refractivity contribution is 7.90. The number of hydrogen-bond acceptors (Lipinski definition) is 4. The zero-order valence-corrected chi connectivity index (χ0v) is 11.6. The molecule has 1 aromatic carbocycles. The van der Waals surface area contributed by atoms with Gasteiger partial charge in [0, 0.05) is 19.2 Å². The Morgan fingerprint density at radius 3 is 2.45 bits per heavy atom. The molecule has 0 bridgehead atoms. The molecule has 5 nitrogen and oxygen atoms in total. The molecule has 0 aliphatic heterocycles. The molecule has 20 heavy (non-hydrogen) atoms. The quantitative estimate of drug-likeness (QED) is 0.822. The molecule has 0 atom stereocenters. The predicted molar refractivity (Wildman–Crippen MR) is 74.1 cm³/mol. The molecule has 0 spiro atoms. The number of hydrogen-bond donors (Lipinski definition) is 1. The third-order valence-corrected chi connectivity index (χ3v) is 4.56. The van der Waals surface area contributed by atoms with Crippen molar-refractivity contribution in [2.24, 2.45) is 0 Å². The van der Waals surface area contributed by atoms with Crippen molar-refractivity contribution < 1.29 is 18.3 Å². The van der Waals surface area contributed by atoms with Crippen LogP contribution in [0.4, 0.5) is 0 Å². The van der Waals surface area contributed by atoms with Crippen molar-refractivity contribution in [1.29, 1.82) is 0 Å². The molecule has 6 heteroatoms. The number of carbonyl (C=O) groups excluding carboxylic acids is 1. The topological polar surface area (TPSA) is 76.4 Å². The second-order valence-corrected chi connectivity index (χ2v) is 6.07. The Kier molecular flexibility index (Phi) is 4.36. The van der Waals surface area contributed by atoms with E-state index in [1.165, 1.54) is 30.5 Å². The van der Waals surface area contributed by atoms with E-state index in [-0.39, 0.29) is 29.4 Å². The van der Waals surface area contributed by atoms with Gasteiger partial charge < -0.3 is 5.11 Å². The summed E-state index contributed by atoms with van der Waals surface area (Å²) in [5.74, 6) is -0.302. The Morgan fingerprint density at radius 2 is 1.80 bits per heavy atom. The van der Waals surface area contributed by atoms with Crippen LogP contribution in [0.15, 0.2) is 53.6 Å². The molecule has 0 unspecified atom stereocenters. The van der Waals surface area contributed by atoms with Crippen LogP contribution in [-0.2, 0) is 10.0 Å². The molecule has 0 saturated carbocycles. The number of nitrogens with zero attached hydrogens (tertiary/aromatic N) is 1. The number of aromatic nitrogens is 1. The first kappa shape index (κ1) is 14.5. The first-order valence-corrected chi connectivity index (χ1v) is 7.63. The fourth-order valence-corrected chi connectivity index (χ4v) is 3.25. The van der Waals surface area contributed by atoms with Gasteiger partial charge in [0.05, 0.1) is 10.6 Å². The molecule has 0 aliphatic carbocycles. The summed E-state index contributed by atoms with van der Waals surface area (Å²) in [7, 11) is -3.76. The minimum Gasteiger partial charge on any atom is -0.396 e. The maximum Gasteiger partial charge on any atom is 0.268 e. The van der Waals surface area contributed by atoms with Crippen LogP contribution >= 0.6 is 0 Å². The summed E-state index contributed by atoms with van der Waals surface area (Å²) < 4.78 is 25.9. The van der Waals surface area contributed by atoms with Gasteiger partial charge in [0.2, 0.25) is 0 Å². The van der Waals surface area contributed by atoms with Gasteiger partial charge in [-0.15, -0.1) is 0 Å². The first-order valence-electron chi connectivity index (χ1n) is 6.19. The van der Waals surface area contributed by atoms with Gasteiger partial charge in [0.15, 0.2) is 5.78 Å². The Balaban J connectivity index is 2.40. The lowest BCUT2D eigenvalue weighted by molar-refractivity contribution is 0.0965. The maximum atomic E-state index is 12.5. The van der Waals surface area contributed by atoms with Crippen LogP contribution < -0.4 is 0 Å². The van der Waals surface area contributed by atoms with Gasteiger partial charge in [-0.1, -0.05) is 18.2 Å². The average Bonchev–Trinajstić information content (AvgIpc) is 2.96. The van der Waals surface area contributed by atoms with Crippen LogP contribution in [0, 0.1) is 0 Å². The fourth-order valence-electron chi connectivity index (χ4n) is 1.87. The van der Waals surface area contributed by atoms with Crippen LogP contribution in [0.1, 0.15) is 23.3 Å². The third-order valence-electron chi connectivity index (χ3n) is 2.86. The zero-order valence-electron chi connectivity index (χ0n) is 10.8. The normalized spacial score (nSPS) is 11.4. The largest absolute Gasteiger partial charge is 0.396 e. The standard InChI is InChI=1S/C14H15NO4S/c16-11-5-9-14(17)13-8-4-10-15(13)20(18,19)12-6-2-1-3-7-12/h1-4,6-8,10,16H,5,9,11H2. The van der Waals surface area contributed by atoms with Crippen molar-refractivity contribution in [2.75, 3.05) is 6.61 Å². The van der Waals surface area contributed by atoms with Gasteiger partial charge in [0.1, 0.15) is 0 Å². The molecule has 0 fully saturated rings. The van der Waals surface area contributed by atoms with Gasteiger partial charge in [-0.2, -0.15) is 0 Å². The maximum absolute atomic E-state index is 12.5. The molecule has 1 N–H and O–H groups in total. The van der Waals surface area contributed by atoms with E-state index in [0.717, 1.165) is 3.97 Å². The molecule has 106 valence electrons. The summed E-state index contributed by atoms with van der Waals surface area (Å²) in [5.41, 5.74) is 0.113. The molecule has 2 rings (SSSR count). The number of carbonyl (C=O) groups is 1. The van der Waals surface area contributed by atoms with E-state index in [9.17, 15) is 13.2 Å². The third kappa shape index (κ3) is 2.81. The number of Topliss-reactive ketones (excluding diaryl/α,β-unsaturated/α-hetero) is 1. The lowest BCUT2D eigenvalue weighted by Gasteiger charge is -2.09. The summed E-state index contributed by atoms with van der Waals surface area (Å²) >= 11 is 0. The molecular weight excluding hydrogens is 278 g/mol. The van der Waals surface area contributed by atoms with Crippen LogP contribution in [0.2, 0.25) is 0 Å². The van der Waals surface area contributed by atoms with Crippen molar-refractivity contribution in [1.82, 2.24) is 3.97 Å². The molecule has 0 saturated heterocycles. The Labute approximate surface area is 117 Å².